The van der Waals surface area contributed by atoms with E-state index in [9.17, 15) is 0 Å². The van der Waals surface area contributed by atoms with E-state index in [4.69, 9.17) is 10.00 Å². The Hall–Kier alpha value is -2.08. The van der Waals surface area contributed by atoms with Crippen LogP contribution in [-0.4, -0.2) is 11.6 Å². The predicted octanol–water partition coefficient (Wildman–Crippen LogP) is 4.07. The quantitative estimate of drug-likeness (QED) is 0.730. The van der Waals surface area contributed by atoms with Gasteiger partial charge in [0.1, 0.15) is 17.4 Å². The number of pyridine rings is 1. The molecule has 0 saturated carbocycles. The van der Waals surface area contributed by atoms with Gasteiger partial charge in [0.2, 0.25) is 0 Å². The SMILES string of the molecule is CCCCCCOc1c(C#N)cnc2ccccc12. The standard InChI is InChI=1S/C16H18N2O/c1-2-3-4-7-10-19-16-13(11-17)12-18-15-9-6-5-8-14(15)16/h5-6,8-9,12H,2-4,7,10H2,1H3. The van der Waals surface area contributed by atoms with Crippen molar-refractivity contribution in [3.05, 3.63) is 36.0 Å². The number of para-hydroxylation sites is 1. The molecule has 0 N–H and O–H groups in total. The first kappa shape index (κ1) is 13.4. The van der Waals surface area contributed by atoms with Gasteiger partial charge < -0.3 is 4.74 Å². The molecule has 0 aliphatic heterocycles. The number of unbranched alkanes of at least 4 members (excludes halogenated alkanes) is 3. The second-order valence-electron chi connectivity index (χ2n) is 4.54. The fraction of sp³-hybridized carbons (Fsp3) is 0.375. The summed E-state index contributed by atoms with van der Waals surface area (Å²) < 4.78 is 5.83. The van der Waals surface area contributed by atoms with Crippen LogP contribution in [0.4, 0.5) is 0 Å². The van der Waals surface area contributed by atoms with Crippen molar-refractivity contribution in [2.24, 2.45) is 0 Å². The lowest BCUT2D eigenvalue weighted by Crippen LogP contribution is -2.00. The van der Waals surface area contributed by atoms with Crippen molar-refractivity contribution in [3.63, 3.8) is 0 Å². The van der Waals surface area contributed by atoms with Gasteiger partial charge in [-0.1, -0.05) is 38.3 Å². The summed E-state index contributed by atoms with van der Waals surface area (Å²) in [5.74, 6) is 0.671. The maximum absolute atomic E-state index is 9.15. The number of nitrogens with zero attached hydrogens (tertiary/aromatic N) is 2. The third-order valence-electron chi connectivity index (χ3n) is 3.09. The molecule has 3 heteroatoms. The molecule has 0 aliphatic rings. The van der Waals surface area contributed by atoms with E-state index in [0.717, 1.165) is 17.3 Å². The molecule has 2 rings (SSSR count). The summed E-state index contributed by atoms with van der Waals surface area (Å²) in [6.45, 7) is 2.84. The molecular weight excluding hydrogens is 236 g/mol. The lowest BCUT2D eigenvalue weighted by molar-refractivity contribution is 0.307. The van der Waals surface area contributed by atoms with Crippen LogP contribution in [0.5, 0.6) is 5.75 Å². The van der Waals surface area contributed by atoms with Crippen molar-refractivity contribution in [3.8, 4) is 11.8 Å². The number of fused-ring (bicyclic) bond motifs is 1. The third-order valence-corrected chi connectivity index (χ3v) is 3.09. The summed E-state index contributed by atoms with van der Waals surface area (Å²) in [7, 11) is 0. The van der Waals surface area contributed by atoms with E-state index in [2.05, 4.69) is 18.0 Å². The first-order valence-corrected chi connectivity index (χ1v) is 6.77. The van der Waals surface area contributed by atoms with E-state index in [-0.39, 0.29) is 0 Å². The van der Waals surface area contributed by atoms with Crippen LogP contribution in [0.15, 0.2) is 30.5 Å². The topological polar surface area (TPSA) is 45.9 Å². The van der Waals surface area contributed by atoms with Crippen molar-refractivity contribution < 1.29 is 4.74 Å². The second-order valence-corrected chi connectivity index (χ2v) is 4.54. The minimum atomic E-state index is 0.509. The Kier molecular flexibility index (Phi) is 4.74. The van der Waals surface area contributed by atoms with Crippen molar-refractivity contribution >= 4 is 10.9 Å². The Balaban J connectivity index is 2.17. The normalized spacial score (nSPS) is 10.3. The highest BCUT2D eigenvalue weighted by molar-refractivity contribution is 5.86. The van der Waals surface area contributed by atoms with Crippen LogP contribution in [0.3, 0.4) is 0 Å². The summed E-state index contributed by atoms with van der Waals surface area (Å²) in [4.78, 5) is 4.27. The Morgan fingerprint density at radius 1 is 1.21 bits per heavy atom. The number of hydrogen-bond donors (Lipinski definition) is 0. The molecule has 1 heterocycles. The third kappa shape index (κ3) is 3.23. The fourth-order valence-electron chi connectivity index (χ4n) is 2.05. The van der Waals surface area contributed by atoms with Crippen LogP contribution >= 0.6 is 0 Å². The summed E-state index contributed by atoms with van der Waals surface area (Å²) in [5, 5.41) is 10.1. The lowest BCUT2D eigenvalue weighted by atomic mass is 10.1. The Morgan fingerprint density at radius 3 is 2.84 bits per heavy atom. The summed E-state index contributed by atoms with van der Waals surface area (Å²) in [6, 6.07) is 9.91. The van der Waals surface area contributed by atoms with Crippen molar-refractivity contribution in [1.82, 2.24) is 4.98 Å². The number of benzene rings is 1. The van der Waals surface area contributed by atoms with Gasteiger partial charge in [-0.05, 0) is 18.6 Å². The molecule has 98 valence electrons. The highest BCUT2D eigenvalue weighted by Gasteiger charge is 2.09. The molecule has 0 atom stereocenters. The first-order chi connectivity index (χ1) is 9.36. The Labute approximate surface area is 113 Å². The van der Waals surface area contributed by atoms with Crippen molar-refractivity contribution in [1.29, 1.82) is 5.26 Å². The molecule has 1 aromatic heterocycles. The van der Waals surface area contributed by atoms with E-state index >= 15 is 0 Å². The van der Waals surface area contributed by atoms with E-state index in [1.165, 1.54) is 19.3 Å². The van der Waals surface area contributed by atoms with Crippen LogP contribution in [0, 0.1) is 11.3 Å². The molecule has 0 aliphatic carbocycles. The number of hydrogen-bond acceptors (Lipinski definition) is 3. The number of aromatic nitrogens is 1. The van der Waals surface area contributed by atoms with Gasteiger partial charge in [-0.25, -0.2) is 0 Å². The summed E-state index contributed by atoms with van der Waals surface area (Å²) in [5.41, 5.74) is 1.37. The number of nitriles is 1. The van der Waals surface area contributed by atoms with Gasteiger partial charge >= 0.3 is 0 Å². The monoisotopic (exact) mass is 254 g/mol. The highest BCUT2D eigenvalue weighted by Crippen LogP contribution is 2.27. The van der Waals surface area contributed by atoms with Gasteiger partial charge in [0.15, 0.2) is 0 Å². The molecule has 3 nitrogen and oxygen atoms in total. The molecular formula is C16H18N2O. The summed E-state index contributed by atoms with van der Waals surface area (Å²) in [6.07, 6.45) is 6.22. The molecule has 0 amide bonds. The second kappa shape index (κ2) is 6.75. The highest BCUT2D eigenvalue weighted by atomic mass is 16.5. The van der Waals surface area contributed by atoms with E-state index in [0.29, 0.717) is 17.9 Å². The molecule has 1 aromatic carbocycles. The largest absolute Gasteiger partial charge is 0.491 e. The minimum Gasteiger partial charge on any atom is -0.491 e. The molecule has 19 heavy (non-hydrogen) atoms. The summed E-state index contributed by atoms with van der Waals surface area (Å²) >= 11 is 0. The van der Waals surface area contributed by atoms with Crippen LogP contribution in [0.25, 0.3) is 10.9 Å². The van der Waals surface area contributed by atoms with Gasteiger partial charge in [-0.3, -0.25) is 4.98 Å². The minimum absolute atomic E-state index is 0.509. The van der Waals surface area contributed by atoms with Crippen LogP contribution in [-0.2, 0) is 0 Å². The molecule has 0 radical (unpaired) electrons. The van der Waals surface area contributed by atoms with E-state index in [1.54, 1.807) is 6.20 Å². The maximum atomic E-state index is 9.15. The number of ether oxygens (including phenoxy) is 1. The average Bonchev–Trinajstić information content (AvgIpc) is 2.47. The first-order valence-electron chi connectivity index (χ1n) is 6.77. The lowest BCUT2D eigenvalue weighted by Gasteiger charge is -2.10. The van der Waals surface area contributed by atoms with Gasteiger partial charge in [0.25, 0.3) is 0 Å². The molecule has 0 spiro atoms. The van der Waals surface area contributed by atoms with Gasteiger partial charge in [0, 0.05) is 11.6 Å². The van der Waals surface area contributed by atoms with E-state index < -0.39 is 0 Å². The van der Waals surface area contributed by atoms with Crippen LogP contribution in [0.1, 0.15) is 38.2 Å². The maximum Gasteiger partial charge on any atom is 0.148 e. The average molecular weight is 254 g/mol. The van der Waals surface area contributed by atoms with Gasteiger partial charge in [-0.2, -0.15) is 5.26 Å². The van der Waals surface area contributed by atoms with Gasteiger partial charge in [0.05, 0.1) is 12.1 Å². The zero-order valence-corrected chi connectivity index (χ0v) is 11.2. The molecule has 0 fully saturated rings. The molecule has 0 saturated heterocycles. The van der Waals surface area contributed by atoms with Gasteiger partial charge in [-0.15, -0.1) is 0 Å². The van der Waals surface area contributed by atoms with Crippen LogP contribution in [0.2, 0.25) is 0 Å². The Bertz CT molecular complexity index is 587. The molecule has 0 unspecified atom stereocenters. The van der Waals surface area contributed by atoms with Crippen molar-refractivity contribution in [2.75, 3.05) is 6.61 Å². The molecule has 2 aromatic rings. The molecule has 0 bridgehead atoms. The zero-order valence-electron chi connectivity index (χ0n) is 11.2. The Morgan fingerprint density at radius 2 is 2.05 bits per heavy atom. The zero-order chi connectivity index (χ0) is 13.5. The predicted molar refractivity (Wildman–Crippen MR) is 76.1 cm³/mol. The fourth-order valence-corrected chi connectivity index (χ4v) is 2.05. The smallest absolute Gasteiger partial charge is 0.148 e. The van der Waals surface area contributed by atoms with E-state index in [1.807, 2.05) is 24.3 Å². The van der Waals surface area contributed by atoms with Crippen molar-refractivity contribution in [2.45, 2.75) is 32.6 Å². The van der Waals surface area contributed by atoms with Crippen LogP contribution < -0.4 is 4.74 Å². The number of rotatable bonds is 6.